The Labute approximate surface area is 322 Å². The maximum atomic E-state index is 15.3. The number of amides is 2. The number of carboxylic acid groups (broad SMARTS) is 1. The van der Waals surface area contributed by atoms with Gasteiger partial charge >= 0.3 is 12.1 Å². The summed E-state index contributed by atoms with van der Waals surface area (Å²) in [5.41, 5.74) is 2.53. The molecule has 0 spiro atoms. The summed E-state index contributed by atoms with van der Waals surface area (Å²) < 4.78 is 27.8. The molecule has 1 unspecified atom stereocenters. The van der Waals surface area contributed by atoms with E-state index < -0.39 is 40.8 Å². The Morgan fingerprint density at radius 3 is 2.30 bits per heavy atom. The molecule has 0 saturated carbocycles. The number of aromatic nitrogens is 2. The van der Waals surface area contributed by atoms with Crippen molar-refractivity contribution in [3.8, 4) is 0 Å². The molecule has 1 saturated heterocycles. The van der Waals surface area contributed by atoms with E-state index >= 15 is 4.39 Å². The summed E-state index contributed by atoms with van der Waals surface area (Å²) in [6, 6.07) is 20.6. The number of pyridine rings is 1. The van der Waals surface area contributed by atoms with Gasteiger partial charge in [0.1, 0.15) is 29.4 Å². The number of anilines is 2. The first-order valence-electron chi connectivity index (χ1n) is 18.5. The van der Waals surface area contributed by atoms with E-state index in [1.165, 1.54) is 6.20 Å². The van der Waals surface area contributed by atoms with E-state index in [1.54, 1.807) is 35.8 Å². The number of hydrogen-bond acceptors (Lipinski definition) is 10. The van der Waals surface area contributed by atoms with Gasteiger partial charge in [-0.15, -0.1) is 0 Å². The van der Waals surface area contributed by atoms with Gasteiger partial charge in [0.2, 0.25) is 11.3 Å². The minimum Gasteiger partial charge on any atom is -0.477 e. The fourth-order valence-corrected chi connectivity index (χ4v) is 6.47. The number of nitrogens with zero attached hydrogens (tertiary/aromatic N) is 4. The van der Waals surface area contributed by atoms with Crippen LogP contribution in [0.4, 0.5) is 20.6 Å². The molecule has 14 nitrogen and oxygen atoms in total. The first-order valence-corrected chi connectivity index (χ1v) is 18.5. The molecule has 0 radical (unpaired) electrons. The Balaban J connectivity index is 0.980. The number of aryl methyl sites for hydroxylation is 1. The van der Waals surface area contributed by atoms with Crippen molar-refractivity contribution in [3.63, 3.8) is 0 Å². The van der Waals surface area contributed by atoms with Crippen molar-refractivity contribution in [1.29, 1.82) is 0 Å². The Morgan fingerprint density at radius 2 is 1.64 bits per heavy atom. The summed E-state index contributed by atoms with van der Waals surface area (Å²) in [4.78, 5) is 57.9. The first-order chi connectivity index (χ1) is 26.9. The summed E-state index contributed by atoms with van der Waals surface area (Å²) in [5, 5.41) is 21.2. The van der Waals surface area contributed by atoms with Crippen molar-refractivity contribution in [3.05, 3.63) is 123 Å². The van der Waals surface area contributed by atoms with E-state index in [4.69, 9.17) is 14.1 Å². The van der Waals surface area contributed by atoms with Crippen LogP contribution in [-0.4, -0.2) is 64.0 Å². The van der Waals surface area contributed by atoms with E-state index in [-0.39, 0.29) is 30.4 Å². The number of hydrogen-bond donors (Lipinski definition) is 3. The van der Waals surface area contributed by atoms with Crippen LogP contribution >= 0.6 is 0 Å². The fraction of sp³-hybridized carbons (Fsp3) is 0.341. The zero-order chi connectivity index (χ0) is 39.9. The summed E-state index contributed by atoms with van der Waals surface area (Å²) in [5.74, 6) is -2.58. The van der Waals surface area contributed by atoms with E-state index in [0.717, 1.165) is 17.2 Å². The van der Waals surface area contributed by atoms with Gasteiger partial charge in [-0.2, -0.15) is 5.06 Å². The Bertz CT molecular complexity index is 2230. The van der Waals surface area contributed by atoms with Gasteiger partial charge in [-0.05, 0) is 55.2 Å². The zero-order valence-corrected chi connectivity index (χ0v) is 31.7. The average molecular weight is 769 g/mol. The summed E-state index contributed by atoms with van der Waals surface area (Å²) >= 11 is 0. The van der Waals surface area contributed by atoms with Gasteiger partial charge < -0.3 is 34.5 Å². The molecule has 1 aliphatic rings. The van der Waals surface area contributed by atoms with Crippen LogP contribution in [-0.2, 0) is 34.1 Å². The highest BCUT2D eigenvalue weighted by molar-refractivity contribution is 5.95. The van der Waals surface area contributed by atoms with Gasteiger partial charge in [-0.1, -0.05) is 61.5 Å². The summed E-state index contributed by atoms with van der Waals surface area (Å²) in [6.07, 6.45) is 0.717. The number of hydroxylamine groups is 2. The van der Waals surface area contributed by atoms with Gasteiger partial charge in [0.25, 0.3) is 0 Å². The molecule has 2 atom stereocenters. The van der Waals surface area contributed by atoms with Crippen LogP contribution in [0.5, 0.6) is 0 Å². The maximum Gasteiger partial charge on any atom is 0.408 e. The van der Waals surface area contributed by atoms with Crippen molar-refractivity contribution in [2.45, 2.75) is 59.4 Å². The first kappa shape index (κ1) is 39.6. The number of carbonyl (C=O) groups excluding carboxylic acids is 2. The molecule has 1 aliphatic heterocycles. The standard InChI is InChI=1S/C41H45FN6O8/c1-5-46-22-31(40(51)52)38(49)30-19-32(42)35(21-34(30)46)47-15-17-48(18-16-47)55-24-28-11-13-29(14-12-28)43-39(50)26(4)36-20-33(45-56-36)37(25(2)3)44-41(53)54-23-27-9-7-6-8-10-27/h6-14,19-22,25-26,37H,5,15-18,23-24H2,1-4H3,(H,43,50)(H,44,53)(H,51,52)/t26?,37-/m0/s1. The number of nitrogens with one attached hydrogen (secondary N) is 2. The van der Waals surface area contributed by atoms with Crippen LogP contribution in [0, 0.1) is 11.7 Å². The Morgan fingerprint density at radius 1 is 0.946 bits per heavy atom. The van der Waals surface area contributed by atoms with E-state index in [1.807, 2.05) is 73.2 Å². The smallest absolute Gasteiger partial charge is 0.408 e. The second kappa shape index (κ2) is 17.6. The molecule has 15 heteroatoms. The lowest BCUT2D eigenvalue weighted by Crippen LogP contribution is -2.46. The van der Waals surface area contributed by atoms with Gasteiger partial charge in [0.15, 0.2) is 0 Å². The van der Waals surface area contributed by atoms with Crippen LogP contribution in [0.2, 0.25) is 0 Å². The molecule has 0 bridgehead atoms. The molecule has 1 fully saturated rings. The molecule has 2 amide bonds. The molecule has 56 heavy (non-hydrogen) atoms. The highest BCUT2D eigenvalue weighted by Gasteiger charge is 2.27. The molecular weight excluding hydrogens is 723 g/mol. The molecule has 3 aromatic carbocycles. The van der Waals surface area contributed by atoms with Gasteiger partial charge in [0.05, 0.1) is 29.8 Å². The number of ether oxygens (including phenoxy) is 1. The lowest BCUT2D eigenvalue weighted by atomic mass is 9.99. The number of halogens is 1. The molecule has 294 valence electrons. The van der Waals surface area contributed by atoms with Gasteiger partial charge in [-0.3, -0.25) is 14.4 Å². The third-order valence-electron chi connectivity index (χ3n) is 9.77. The van der Waals surface area contributed by atoms with Crippen molar-refractivity contribution < 1.29 is 38.0 Å². The van der Waals surface area contributed by atoms with E-state index in [9.17, 15) is 24.3 Å². The minimum absolute atomic E-state index is 0.0312. The number of carboxylic acids is 1. The molecule has 3 N–H and O–H groups in total. The van der Waals surface area contributed by atoms with E-state index in [0.29, 0.717) is 61.1 Å². The molecule has 2 aromatic heterocycles. The lowest BCUT2D eigenvalue weighted by Gasteiger charge is -2.35. The van der Waals surface area contributed by atoms with Crippen molar-refractivity contribution in [1.82, 2.24) is 20.1 Å². The van der Waals surface area contributed by atoms with Crippen LogP contribution in [0.1, 0.15) is 72.6 Å². The van der Waals surface area contributed by atoms with Crippen LogP contribution in [0.15, 0.2) is 88.3 Å². The molecule has 5 aromatic rings. The molecule has 0 aliphatic carbocycles. The highest BCUT2D eigenvalue weighted by atomic mass is 19.1. The SMILES string of the molecule is CCn1cc(C(=O)O)c(=O)c2cc(F)c(N3CCN(OCc4ccc(NC(=O)C(C)c5cc([C@@H](NC(=O)OCc6ccccc6)C(C)C)no5)cc4)CC3)cc21. The quantitative estimate of drug-likeness (QED) is 0.113. The van der Waals surface area contributed by atoms with Crippen molar-refractivity contribution >= 4 is 40.2 Å². The zero-order valence-electron chi connectivity index (χ0n) is 31.7. The van der Waals surface area contributed by atoms with Crippen molar-refractivity contribution in [2.24, 2.45) is 5.92 Å². The monoisotopic (exact) mass is 768 g/mol. The minimum atomic E-state index is -1.35. The Kier molecular flexibility index (Phi) is 12.5. The Hall–Kier alpha value is -6.06. The van der Waals surface area contributed by atoms with Crippen LogP contribution in [0.25, 0.3) is 10.9 Å². The number of piperazine rings is 1. The maximum absolute atomic E-state index is 15.3. The summed E-state index contributed by atoms with van der Waals surface area (Å²) in [6.45, 7) is 10.2. The van der Waals surface area contributed by atoms with Crippen LogP contribution in [0.3, 0.4) is 0 Å². The third-order valence-corrected chi connectivity index (χ3v) is 9.77. The highest BCUT2D eigenvalue weighted by Crippen LogP contribution is 2.28. The normalized spacial score (nSPS) is 14.4. The summed E-state index contributed by atoms with van der Waals surface area (Å²) in [7, 11) is 0. The van der Waals surface area contributed by atoms with Crippen molar-refractivity contribution in [2.75, 3.05) is 36.4 Å². The number of fused-ring (bicyclic) bond motifs is 1. The lowest BCUT2D eigenvalue weighted by molar-refractivity contribution is -0.171. The largest absolute Gasteiger partial charge is 0.477 e. The third kappa shape index (κ3) is 9.24. The second-order valence-corrected chi connectivity index (χ2v) is 14.0. The van der Waals surface area contributed by atoms with Gasteiger partial charge in [-0.25, -0.2) is 14.0 Å². The number of aromatic carboxylic acids is 1. The second-order valence-electron chi connectivity index (χ2n) is 14.0. The molecule has 3 heterocycles. The molecule has 6 rings (SSSR count). The molecular formula is C41H45FN6O8. The number of rotatable bonds is 14. The fourth-order valence-electron chi connectivity index (χ4n) is 6.47. The number of carbonyl (C=O) groups is 3. The predicted octanol–water partition coefficient (Wildman–Crippen LogP) is 6.47. The average Bonchev–Trinajstić information content (AvgIpc) is 3.69. The van der Waals surface area contributed by atoms with E-state index in [2.05, 4.69) is 15.8 Å². The number of benzene rings is 3. The van der Waals surface area contributed by atoms with Gasteiger partial charge in [0, 0.05) is 56.1 Å². The van der Waals surface area contributed by atoms with Crippen LogP contribution < -0.4 is 21.0 Å². The topological polar surface area (TPSA) is 168 Å². The predicted molar refractivity (Wildman–Crippen MR) is 207 cm³/mol. The number of alkyl carbamates (subject to hydrolysis) is 1.